The topological polar surface area (TPSA) is 85.9 Å². The molecule has 1 aromatic heterocycles. The van der Waals surface area contributed by atoms with Gasteiger partial charge in [0.1, 0.15) is 12.7 Å². The largest absolute Gasteiger partial charge is 0.460 e. The number of nitrogens with zero attached hydrogens (tertiary/aromatic N) is 1. The van der Waals surface area contributed by atoms with Gasteiger partial charge >= 0.3 is 13.6 Å². The number of carbonyl (C=O) groups excluding carboxylic acids is 1. The van der Waals surface area contributed by atoms with Gasteiger partial charge in [0.15, 0.2) is 12.7 Å². The molecule has 1 heterocycles. The summed E-state index contributed by atoms with van der Waals surface area (Å²) in [6.45, 7) is 5.13. The van der Waals surface area contributed by atoms with E-state index in [0.717, 1.165) is 12.8 Å². The fourth-order valence-electron chi connectivity index (χ4n) is 4.07. The van der Waals surface area contributed by atoms with Crippen LogP contribution < -0.4 is 4.57 Å². The molecular formula is C27H51NO6PS+. The summed E-state index contributed by atoms with van der Waals surface area (Å²) in [5, 5.41) is 1.93. The van der Waals surface area contributed by atoms with Crippen molar-refractivity contribution in [3.05, 3.63) is 17.1 Å². The van der Waals surface area contributed by atoms with E-state index < -0.39 is 19.7 Å². The quantitative estimate of drug-likeness (QED) is 0.0609. The smallest absolute Gasteiger partial charge is 0.328 e. The van der Waals surface area contributed by atoms with Crippen molar-refractivity contribution in [3.63, 3.8) is 0 Å². The van der Waals surface area contributed by atoms with Gasteiger partial charge in [-0.3, -0.25) is 9.36 Å². The zero-order valence-corrected chi connectivity index (χ0v) is 24.5. The first-order chi connectivity index (χ1) is 17.4. The van der Waals surface area contributed by atoms with Crippen LogP contribution >= 0.6 is 18.9 Å². The molecular weight excluding hydrogens is 497 g/mol. The standard InChI is InChI=1S/C27H50NO6PS/c1-3-4-5-6-7-8-9-10-11-12-13-14-15-16-20-32-24-27(34-26(2)29)17-22-35(30,31)33-21-18-28-19-23-36-25-28/h19,23,25,27H,3-18,20-22,24H2,1-2H3/p+1. The number of carbonyl (C=O) groups is 1. The molecule has 210 valence electrons. The lowest BCUT2D eigenvalue weighted by molar-refractivity contribution is -0.692. The normalized spacial score (nSPS) is 14.0. The molecule has 0 bridgehead atoms. The van der Waals surface area contributed by atoms with Gasteiger partial charge < -0.3 is 18.9 Å². The van der Waals surface area contributed by atoms with E-state index >= 15 is 0 Å². The number of rotatable bonds is 25. The second-order valence-electron chi connectivity index (χ2n) is 9.65. The molecule has 7 nitrogen and oxygen atoms in total. The highest BCUT2D eigenvalue weighted by atomic mass is 32.1. The molecule has 0 radical (unpaired) electrons. The van der Waals surface area contributed by atoms with E-state index in [1.165, 1.54) is 84.0 Å². The van der Waals surface area contributed by atoms with Gasteiger partial charge in [-0.25, -0.2) is 0 Å². The molecule has 0 fully saturated rings. The highest BCUT2D eigenvalue weighted by Gasteiger charge is 2.24. The predicted octanol–water partition coefficient (Wildman–Crippen LogP) is 7.06. The van der Waals surface area contributed by atoms with Gasteiger partial charge in [0, 0.05) is 13.5 Å². The summed E-state index contributed by atoms with van der Waals surface area (Å²) in [5.74, 6) is -0.414. The number of esters is 1. The van der Waals surface area contributed by atoms with Gasteiger partial charge in [0.2, 0.25) is 5.51 Å². The van der Waals surface area contributed by atoms with Crippen LogP contribution in [-0.4, -0.2) is 42.9 Å². The van der Waals surface area contributed by atoms with Gasteiger partial charge in [-0.1, -0.05) is 102 Å². The third-order valence-corrected chi connectivity index (χ3v) is 8.26. The molecule has 0 aromatic carbocycles. The lowest BCUT2D eigenvalue weighted by Crippen LogP contribution is -2.32. The third-order valence-electron chi connectivity index (χ3n) is 6.18. The number of hydrogen-bond acceptors (Lipinski definition) is 6. The summed E-state index contributed by atoms with van der Waals surface area (Å²) < 4.78 is 30.4. The second-order valence-corrected chi connectivity index (χ2v) is 12.4. The summed E-state index contributed by atoms with van der Waals surface area (Å²) in [7, 11) is -3.74. The van der Waals surface area contributed by atoms with Gasteiger partial charge in [-0.05, 0) is 12.8 Å². The molecule has 0 spiro atoms. The number of hydrogen-bond donors (Lipinski definition) is 1. The van der Waals surface area contributed by atoms with Crippen LogP contribution in [0.25, 0.3) is 0 Å². The lowest BCUT2D eigenvalue weighted by atomic mass is 10.0. The lowest BCUT2D eigenvalue weighted by Gasteiger charge is -2.19. The summed E-state index contributed by atoms with van der Waals surface area (Å²) >= 11 is 1.55. The van der Waals surface area contributed by atoms with E-state index in [-0.39, 0.29) is 25.8 Å². The van der Waals surface area contributed by atoms with Crippen molar-refractivity contribution < 1.29 is 32.8 Å². The number of thiazole rings is 1. The molecule has 1 N–H and O–H groups in total. The van der Waals surface area contributed by atoms with Gasteiger partial charge in [-0.15, -0.1) is 0 Å². The van der Waals surface area contributed by atoms with E-state index in [1.807, 2.05) is 21.7 Å². The average molecular weight is 549 g/mol. The zero-order valence-electron chi connectivity index (χ0n) is 22.7. The predicted molar refractivity (Wildman–Crippen MR) is 146 cm³/mol. The molecule has 0 aliphatic heterocycles. The summed E-state index contributed by atoms with van der Waals surface area (Å²) in [6.07, 6.45) is 19.9. The zero-order chi connectivity index (χ0) is 26.3. The third kappa shape index (κ3) is 20.3. The van der Waals surface area contributed by atoms with Crippen LogP contribution in [0.2, 0.25) is 0 Å². The minimum Gasteiger partial charge on any atom is -0.460 e. The highest BCUT2D eigenvalue weighted by Crippen LogP contribution is 2.42. The number of ether oxygens (including phenoxy) is 2. The molecule has 9 heteroatoms. The minimum atomic E-state index is -3.74. The maximum absolute atomic E-state index is 12.3. The van der Waals surface area contributed by atoms with Crippen LogP contribution in [0, 0.1) is 0 Å². The van der Waals surface area contributed by atoms with E-state index in [9.17, 15) is 14.3 Å². The Morgan fingerprint density at radius 2 is 1.53 bits per heavy atom. The average Bonchev–Trinajstić information content (AvgIpc) is 3.35. The second kappa shape index (κ2) is 22.2. The van der Waals surface area contributed by atoms with Crippen LogP contribution in [0.1, 0.15) is 110 Å². The Morgan fingerprint density at radius 1 is 0.944 bits per heavy atom. The van der Waals surface area contributed by atoms with Crippen molar-refractivity contribution in [2.45, 2.75) is 123 Å². The summed E-state index contributed by atoms with van der Waals surface area (Å²) in [4.78, 5) is 21.5. The summed E-state index contributed by atoms with van der Waals surface area (Å²) in [5.41, 5.74) is 1.91. The van der Waals surface area contributed by atoms with Crippen molar-refractivity contribution in [1.29, 1.82) is 0 Å². The first-order valence-corrected chi connectivity index (χ1v) is 16.8. The van der Waals surface area contributed by atoms with Crippen molar-refractivity contribution >= 4 is 24.9 Å². The molecule has 0 aliphatic rings. The monoisotopic (exact) mass is 548 g/mol. The molecule has 2 unspecified atom stereocenters. The van der Waals surface area contributed by atoms with Crippen molar-refractivity contribution in [2.75, 3.05) is 26.0 Å². The molecule has 0 aliphatic carbocycles. The number of aromatic nitrogens is 1. The Labute approximate surface area is 223 Å². The Hall–Kier alpha value is -0.790. The molecule has 36 heavy (non-hydrogen) atoms. The molecule has 0 saturated heterocycles. The van der Waals surface area contributed by atoms with Crippen molar-refractivity contribution in [3.8, 4) is 0 Å². The first kappa shape index (κ1) is 33.2. The van der Waals surface area contributed by atoms with Gasteiger partial charge in [0.05, 0.1) is 18.1 Å². The Kier molecular flexibility index (Phi) is 20.5. The molecule has 1 rings (SSSR count). The van der Waals surface area contributed by atoms with Crippen LogP contribution in [0.3, 0.4) is 0 Å². The first-order valence-electron chi connectivity index (χ1n) is 14.1. The van der Waals surface area contributed by atoms with E-state index in [4.69, 9.17) is 14.0 Å². The van der Waals surface area contributed by atoms with Crippen LogP contribution in [0.15, 0.2) is 17.1 Å². The minimum absolute atomic E-state index is 0.0680. The van der Waals surface area contributed by atoms with Crippen molar-refractivity contribution in [1.82, 2.24) is 0 Å². The maximum Gasteiger partial charge on any atom is 0.328 e. The van der Waals surface area contributed by atoms with Crippen LogP contribution in [-0.2, 0) is 29.9 Å². The molecule has 1 aromatic rings. The molecule has 0 saturated carbocycles. The Balaban J connectivity index is 2.02. The van der Waals surface area contributed by atoms with Crippen LogP contribution in [0.5, 0.6) is 0 Å². The molecule has 0 amide bonds. The van der Waals surface area contributed by atoms with Gasteiger partial charge in [-0.2, -0.15) is 4.57 Å². The fourth-order valence-corrected chi connectivity index (χ4v) is 5.81. The fraction of sp³-hybridized carbons (Fsp3) is 0.852. The van der Waals surface area contributed by atoms with Crippen molar-refractivity contribution in [2.24, 2.45) is 0 Å². The van der Waals surface area contributed by atoms with E-state index in [1.54, 1.807) is 11.3 Å². The van der Waals surface area contributed by atoms with E-state index in [2.05, 4.69) is 6.92 Å². The van der Waals surface area contributed by atoms with Crippen LogP contribution in [0.4, 0.5) is 0 Å². The SMILES string of the molecule is CCCCCCCCCCCCCCCCOCC(CCP(=O)(O)OCC[n+]1ccsc1)OC(C)=O. The highest BCUT2D eigenvalue weighted by molar-refractivity contribution is 7.52. The summed E-state index contributed by atoms with van der Waals surface area (Å²) in [6, 6.07) is 0. The Bertz CT molecular complexity index is 688. The Morgan fingerprint density at radius 3 is 2.06 bits per heavy atom. The number of unbranched alkanes of at least 4 members (excludes halogenated alkanes) is 13. The van der Waals surface area contributed by atoms with Gasteiger partial charge in [0.25, 0.3) is 0 Å². The molecule has 2 atom stereocenters. The van der Waals surface area contributed by atoms with E-state index in [0.29, 0.717) is 13.2 Å². The maximum atomic E-state index is 12.3.